The second-order valence-electron chi connectivity index (χ2n) is 7.31. The Morgan fingerprint density at radius 3 is 2.73 bits per heavy atom. The van der Waals surface area contributed by atoms with Crippen molar-refractivity contribution in [2.24, 2.45) is 11.8 Å². The van der Waals surface area contributed by atoms with Gasteiger partial charge in [-0.2, -0.15) is 0 Å². The maximum absolute atomic E-state index is 12.8. The highest BCUT2D eigenvalue weighted by molar-refractivity contribution is 6.04. The minimum absolute atomic E-state index is 0.0136. The van der Waals surface area contributed by atoms with E-state index in [1.807, 2.05) is 17.0 Å². The fraction of sp³-hybridized carbons (Fsp3) is 0.600. The van der Waals surface area contributed by atoms with Crippen LogP contribution in [0, 0.1) is 11.8 Å². The molecular formula is C20H28N2O4. The van der Waals surface area contributed by atoms with Crippen molar-refractivity contribution in [3.05, 3.63) is 29.8 Å². The Morgan fingerprint density at radius 1 is 1.23 bits per heavy atom. The average molecular weight is 360 g/mol. The molecule has 0 radical (unpaired) electrons. The largest absolute Gasteiger partial charge is 0.381 e. The molecule has 2 aliphatic heterocycles. The molecule has 1 aromatic carbocycles. The van der Waals surface area contributed by atoms with Gasteiger partial charge in [0.05, 0.1) is 24.5 Å². The monoisotopic (exact) mass is 360 g/mol. The van der Waals surface area contributed by atoms with Crippen LogP contribution in [0.4, 0.5) is 5.69 Å². The zero-order valence-electron chi connectivity index (χ0n) is 15.4. The Morgan fingerprint density at radius 2 is 2.00 bits per heavy atom. The maximum Gasteiger partial charge on any atom is 0.255 e. The van der Waals surface area contributed by atoms with Crippen LogP contribution in [0.2, 0.25) is 0 Å². The van der Waals surface area contributed by atoms with Crippen molar-refractivity contribution in [3.8, 4) is 0 Å². The van der Waals surface area contributed by atoms with Gasteiger partial charge in [-0.3, -0.25) is 9.59 Å². The molecule has 0 unspecified atom stereocenters. The number of amides is 2. The lowest BCUT2D eigenvalue weighted by molar-refractivity contribution is -0.121. The van der Waals surface area contributed by atoms with E-state index in [0.29, 0.717) is 36.3 Å². The quantitative estimate of drug-likeness (QED) is 0.847. The molecule has 0 spiro atoms. The van der Waals surface area contributed by atoms with Crippen LogP contribution < -0.4 is 5.32 Å². The Hall–Kier alpha value is -1.92. The average Bonchev–Trinajstić information content (AvgIpc) is 3.16. The number of para-hydroxylation sites is 1. The molecule has 142 valence electrons. The first-order valence-electron chi connectivity index (χ1n) is 9.47. The van der Waals surface area contributed by atoms with Crippen LogP contribution in [0.15, 0.2) is 24.3 Å². The van der Waals surface area contributed by atoms with Crippen molar-refractivity contribution >= 4 is 17.5 Å². The Labute approximate surface area is 154 Å². The molecule has 1 aromatic rings. The topological polar surface area (TPSA) is 67.9 Å². The molecule has 6 heteroatoms. The molecule has 2 amide bonds. The molecule has 1 N–H and O–H groups in total. The highest BCUT2D eigenvalue weighted by atomic mass is 16.5. The summed E-state index contributed by atoms with van der Waals surface area (Å²) in [6.07, 6.45) is 3.03. The number of benzene rings is 1. The first-order valence-corrected chi connectivity index (χ1v) is 9.47. The summed E-state index contributed by atoms with van der Waals surface area (Å²) < 4.78 is 10.8. The molecule has 2 saturated heterocycles. The van der Waals surface area contributed by atoms with Gasteiger partial charge in [0.2, 0.25) is 5.91 Å². The smallest absolute Gasteiger partial charge is 0.255 e. The van der Waals surface area contributed by atoms with Crippen LogP contribution in [-0.2, 0) is 14.3 Å². The molecular weight excluding hydrogens is 332 g/mol. The van der Waals surface area contributed by atoms with Crippen molar-refractivity contribution in [2.45, 2.75) is 26.2 Å². The van der Waals surface area contributed by atoms with Gasteiger partial charge < -0.3 is 19.7 Å². The number of ether oxygens (including phenoxy) is 2. The normalized spacial score (nSPS) is 21.0. The van der Waals surface area contributed by atoms with Gasteiger partial charge in [0.25, 0.3) is 5.91 Å². The number of carbonyl (C=O) groups excluding carboxylic acids is 2. The third kappa shape index (κ3) is 5.05. The second-order valence-corrected chi connectivity index (χ2v) is 7.31. The van der Waals surface area contributed by atoms with Gasteiger partial charge in [0, 0.05) is 25.6 Å². The van der Waals surface area contributed by atoms with E-state index < -0.39 is 0 Å². The van der Waals surface area contributed by atoms with Gasteiger partial charge in [-0.1, -0.05) is 19.1 Å². The van der Waals surface area contributed by atoms with Crippen LogP contribution in [0.25, 0.3) is 0 Å². The summed E-state index contributed by atoms with van der Waals surface area (Å²) in [5.41, 5.74) is 1.09. The standard InChI is InChI=1S/C20H28N2O4/c1-15-6-9-22(10-7-15)20(24)17-4-2-3-5-18(17)21-19(23)14-26-13-16-8-11-25-12-16/h2-5,15-16H,6-14H2,1H3,(H,21,23)/t16-/m0/s1. The SMILES string of the molecule is CC1CCN(C(=O)c2ccccc2NC(=O)COC[C@H]2CCOC2)CC1. The van der Waals surface area contributed by atoms with Crippen molar-refractivity contribution in [1.29, 1.82) is 0 Å². The second kappa shape index (κ2) is 9.14. The van der Waals surface area contributed by atoms with E-state index in [0.717, 1.165) is 39.0 Å². The summed E-state index contributed by atoms with van der Waals surface area (Å²) in [7, 11) is 0. The van der Waals surface area contributed by atoms with Crippen LogP contribution in [0.5, 0.6) is 0 Å². The highest BCUT2D eigenvalue weighted by Crippen LogP contribution is 2.22. The molecule has 3 rings (SSSR count). The zero-order chi connectivity index (χ0) is 18.4. The van der Waals surface area contributed by atoms with E-state index >= 15 is 0 Å². The number of rotatable bonds is 6. The lowest BCUT2D eigenvalue weighted by Gasteiger charge is -2.30. The molecule has 26 heavy (non-hydrogen) atoms. The fourth-order valence-electron chi connectivity index (χ4n) is 3.38. The molecule has 1 atom stereocenters. The molecule has 2 fully saturated rings. The van der Waals surface area contributed by atoms with Crippen LogP contribution in [0.3, 0.4) is 0 Å². The van der Waals surface area contributed by atoms with Gasteiger partial charge in [-0.25, -0.2) is 0 Å². The molecule has 0 aliphatic carbocycles. The Bertz CT molecular complexity index is 620. The van der Waals surface area contributed by atoms with Crippen molar-refractivity contribution in [2.75, 3.05) is 44.8 Å². The number of anilines is 1. The summed E-state index contributed by atoms with van der Waals surface area (Å²) in [4.78, 5) is 26.9. The van der Waals surface area contributed by atoms with Crippen LogP contribution in [-0.4, -0.2) is 56.2 Å². The summed E-state index contributed by atoms with van der Waals surface area (Å²) in [5, 5.41) is 2.82. The maximum atomic E-state index is 12.8. The van der Waals surface area contributed by atoms with E-state index in [1.54, 1.807) is 12.1 Å². The number of hydrogen-bond acceptors (Lipinski definition) is 4. The minimum Gasteiger partial charge on any atom is -0.381 e. The first-order chi connectivity index (χ1) is 12.6. The number of nitrogens with zero attached hydrogens (tertiary/aromatic N) is 1. The first kappa shape index (κ1) is 18.9. The predicted octanol–water partition coefficient (Wildman–Crippen LogP) is 2.55. The van der Waals surface area contributed by atoms with Crippen LogP contribution in [0.1, 0.15) is 36.5 Å². The summed E-state index contributed by atoms with van der Waals surface area (Å²) in [6, 6.07) is 7.18. The molecule has 0 aromatic heterocycles. The minimum atomic E-state index is -0.239. The van der Waals surface area contributed by atoms with E-state index in [1.165, 1.54) is 0 Å². The lowest BCUT2D eigenvalue weighted by atomic mass is 9.98. The summed E-state index contributed by atoms with van der Waals surface area (Å²) in [5.74, 6) is 0.780. The Balaban J connectivity index is 1.54. The van der Waals surface area contributed by atoms with Crippen molar-refractivity contribution in [1.82, 2.24) is 4.90 Å². The van der Waals surface area contributed by atoms with Gasteiger partial charge in [0.15, 0.2) is 0 Å². The van der Waals surface area contributed by atoms with Crippen molar-refractivity contribution < 1.29 is 19.1 Å². The predicted molar refractivity (Wildman–Crippen MR) is 99.1 cm³/mol. The number of carbonyl (C=O) groups is 2. The van der Waals surface area contributed by atoms with Gasteiger partial charge in [0.1, 0.15) is 6.61 Å². The van der Waals surface area contributed by atoms with Gasteiger partial charge in [-0.05, 0) is 37.3 Å². The van der Waals surface area contributed by atoms with Gasteiger partial charge in [-0.15, -0.1) is 0 Å². The molecule has 6 nitrogen and oxygen atoms in total. The van der Waals surface area contributed by atoms with Crippen molar-refractivity contribution in [3.63, 3.8) is 0 Å². The molecule has 0 saturated carbocycles. The Kier molecular flexibility index (Phi) is 6.63. The molecule has 2 heterocycles. The number of nitrogens with one attached hydrogen (secondary N) is 1. The zero-order valence-corrected chi connectivity index (χ0v) is 15.4. The molecule has 0 bridgehead atoms. The van der Waals surface area contributed by atoms with Crippen LogP contribution >= 0.6 is 0 Å². The fourth-order valence-corrected chi connectivity index (χ4v) is 3.38. The third-order valence-electron chi connectivity index (χ3n) is 5.11. The van der Waals surface area contributed by atoms with E-state index in [2.05, 4.69) is 12.2 Å². The van der Waals surface area contributed by atoms with E-state index in [-0.39, 0.29) is 18.4 Å². The highest BCUT2D eigenvalue weighted by Gasteiger charge is 2.23. The number of hydrogen-bond donors (Lipinski definition) is 1. The summed E-state index contributed by atoms with van der Waals surface area (Å²) >= 11 is 0. The third-order valence-corrected chi connectivity index (χ3v) is 5.11. The summed E-state index contributed by atoms with van der Waals surface area (Å²) in [6.45, 7) is 5.75. The van der Waals surface area contributed by atoms with Gasteiger partial charge >= 0.3 is 0 Å². The number of likely N-dealkylation sites (tertiary alicyclic amines) is 1. The lowest BCUT2D eigenvalue weighted by Crippen LogP contribution is -2.38. The molecule has 2 aliphatic rings. The number of piperidine rings is 1. The van der Waals surface area contributed by atoms with E-state index in [4.69, 9.17) is 9.47 Å². The van der Waals surface area contributed by atoms with E-state index in [9.17, 15) is 9.59 Å².